The molecule has 0 bridgehead atoms. The number of hydrogen-bond donors (Lipinski definition) is 0. The summed E-state index contributed by atoms with van der Waals surface area (Å²) >= 11 is 0. The monoisotopic (exact) mass is 192 g/mol. The summed E-state index contributed by atoms with van der Waals surface area (Å²) in [6, 6.07) is 7.58. The van der Waals surface area contributed by atoms with Gasteiger partial charge in [0.05, 0.1) is 6.61 Å². The summed E-state index contributed by atoms with van der Waals surface area (Å²) in [5, 5.41) is 0. The Kier molecular flexibility index (Phi) is 4.33. The highest BCUT2D eigenvalue weighted by atomic mass is 16.5. The zero-order chi connectivity index (χ0) is 10.4. The third-order valence-electron chi connectivity index (χ3n) is 1.95. The fourth-order valence-corrected chi connectivity index (χ4v) is 1.21. The molecule has 2 heteroatoms. The van der Waals surface area contributed by atoms with Gasteiger partial charge in [-0.15, -0.1) is 0 Å². The molecule has 0 fully saturated rings. The molecule has 0 aliphatic carbocycles. The predicted molar refractivity (Wildman–Crippen MR) is 56.4 cm³/mol. The van der Waals surface area contributed by atoms with Crippen molar-refractivity contribution in [1.29, 1.82) is 0 Å². The maximum absolute atomic E-state index is 11.1. The van der Waals surface area contributed by atoms with E-state index in [4.69, 9.17) is 4.74 Å². The zero-order valence-corrected chi connectivity index (χ0v) is 8.75. The van der Waals surface area contributed by atoms with Crippen LogP contribution < -0.4 is 0 Å². The van der Waals surface area contributed by atoms with E-state index in [2.05, 4.69) is 6.92 Å². The van der Waals surface area contributed by atoms with Gasteiger partial charge < -0.3 is 4.74 Å². The van der Waals surface area contributed by atoms with Crippen LogP contribution in [0.1, 0.15) is 36.2 Å². The van der Waals surface area contributed by atoms with Crippen LogP contribution in [0, 0.1) is 0 Å². The van der Waals surface area contributed by atoms with Gasteiger partial charge in [0.15, 0.2) is 5.78 Å². The van der Waals surface area contributed by atoms with Gasteiger partial charge >= 0.3 is 0 Å². The Morgan fingerprint density at radius 2 is 2.21 bits per heavy atom. The van der Waals surface area contributed by atoms with E-state index in [0.717, 1.165) is 24.2 Å². The number of Topliss-reactive ketones (excluding diaryl/α,β-unsaturated/α-hetero) is 1. The standard InChI is InChI=1S/C12H16O2/c1-3-7-14-9-11-5-4-6-12(8-11)10(2)13/h4-6,8H,3,7,9H2,1-2H3. The molecule has 76 valence electrons. The smallest absolute Gasteiger partial charge is 0.159 e. The summed E-state index contributed by atoms with van der Waals surface area (Å²) in [5.41, 5.74) is 1.81. The van der Waals surface area contributed by atoms with Gasteiger partial charge in [-0.25, -0.2) is 0 Å². The lowest BCUT2D eigenvalue weighted by molar-refractivity contribution is 0.101. The van der Waals surface area contributed by atoms with Crippen LogP contribution in [0.4, 0.5) is 0 Å². The Balaban J connectivity index is 2.59. The Bertz CT molecular complexity index is 305. The second-order valence-electron chi connectivity index (χ2n) is 3.31. The highest BCUT2D eigenvalue weighted by Crippen LogP contribution is 2.07. The van der Waals surface area contributed by atoms with Crippen LogP contribution in [0.15, 0.2) is 24.3 Å². The van der Waals surface area contributed by atoms with E-state index in [9.17, 15) is 4.79 Å². The van der Waals surface area contributed by atoms with Gasteiger partial charge in [0.1, 0.15) is 0 Å². The lowest BCUT2D eigenvalue weighted by Gasteiger charge is -2.03. The molecule has 2 nitrogen and oxygen atoms in total. The molecule has 0 N–H and O–H groups in total. The normalized spacial score (nSPS) is 10.1. The second kappa shape index (κ2) is 5.55. The maximum Gasteiger partial charge on any atom is 0.159 e. The largest absolute Gasteiger partial charge is 0.377 e. The first-order chi connectivity index (χ1) is 6.74. The number of hydrogen-bond acceptors (Lipinski definition) is 2. The summed E-state index contributed by atoms with van der Waals surface area (Å²) in [5.74, 6) is 0.0994. The van der Waals surface area contributed by atoms with Crippen molar-refractivity contribution in [3.63, 3.8) is 0 Å². The number of ketones is 1. The topological polar surface area (TPSA) is 26.3 Å². The van der Waals surface area contributed by atoms with Gasteiger partial charge in [0.25, 0.3) is 0 Å². The van der Waals surface area contributed by atoms with Crippen LogP contribution in [-0.2, 0) is 11.3 Å². The summed E-state index contributed by atoms with van der Waals surface area (Å²) in [6.07, 6.45) is 1.02. The molecule has 0 heterocycles. The summed E-state index contributed by atoms with van der Waals surface area (Å²) in [6.45, 7) is 5.01. The number of carbonyl (C=O) groups is 1. The maximum atomic E-state index is 11.1. The SMILES string of the molecule is CCCOCc1cccc(C(C)=O)c1. The van der Waals surface area contributed by atoms with Crippen LogP contribution in [0.2, 0.25) is 0 Å². The lowest BCUT2D eigenvalue weighted by atomic mass is 10.1. The molecule has 0 aliphatic rings. The molecule has 0 amide bonds. The molecule has 0 atom stereocenters. The van der Waals surface area contributed by atoms with E-state index in [1.54, 1.807) is 6.92 Å². The first-order valence-electron chi connectivity index (χ1n) is 4.91. The molecule has 0 spiro atoms. The molecule has 0 unspecified atom stereocenters. The van der Waals surface area contributed by atoms with Gasteiger partial charge in [0.2, 0.25) is 0 Å². The molecule has 0 saturated carbocycles. The quantitative estimate of drug-likeness (QED) is 0.529. The third kappa shape index (κ3) is 3.30. The Labute approximate surface area is 84.9 Å². The fourth-order valence-electron chi connectivity index (χ4n) is 1.21. The van der Waals surface area contributed by atoms with Crippen molar-refractivity contribution >= 4 is 5.78 Å². The van der Waals surface area contributed by atoms with Crippen LogP contribution in [0.5, 0.6) is 0 Å². The number of ether oxygens (including phenoxy) is 1. The highest BCUT2D eigenvalue weighted by Gasteiger charge is 1.99. The second-order valence-corrected chi connectivity index (χ2v) is 3.31. The van der Waals surface area contributed by atoms with Crippen molar-refractivity contribution in [3.8, 4) is 0 Å². The minimum atomic E-state index is 0.0994. The van der Waals surface area contributed by atoms with Gasteiger partial charge in [-0.3, -0.25) is 4.79 Å². The van der Waals surface area contributed by atoms with Crippen molar-refractivity contribution in [1.82, 2.24) is 0 Å². The fraction of sp³-hybridized carbons (Fsp3) is 0.417. The average Bonchev–Trinajstić information content (AvgIpc) is 2.19. The van der Waals surface area contributed by atoms with Crippen molar-refractivity contribution in [3.05, 3.63) is 35.4 Å². The molecular formula is C12H16O2. The first kappa shape index (κ1) is 10.9. The number of rotatable bonds is 5. The number of benzene rings is 1. The molecule has 1 aromatic carbocycles. The van der Waals surface area contributed by atoms with E-state index in [1.165, 1.54) is 0 Å². The van der Waals surface area contributed by atoms with Crippen molar-refractivity contribution < 1.29 is 9.53 Å². The Morgan fingerprint density at radius 1 is 1.43 bits per heavy atom. The third-order valence-corrected chi connectivity index (χ3v) is 1.95. The summed E-state index contributed by atoms with van der Waals surface area (Å²) in [7, 11) is 0. The lowest BCUT2D eigenvalue weighted by Crippen LogP contribution is -1.97. The highest BCUT2D eigenvalue weighted by molar-refractivity contribution is 5.94. The first-order valence-corrected chi connectivity index (χ1v) is 4.91. The molecule has 14 heavy (non-hydrogen) atoms. The Morgan fingerprint density at radius 3 is 2.86 bits per heavy atom. The van der Waals surface area contributed by atoms with Crippen molar-refractivity contribution in [2.75, 3.05) is 6.61 Å². The van der Waals surface area contributed by atoms with E-state index in [-0.39, 0.29) is 5.78 Å². The van der Waals surface area contributed by atoms with Gasteiger partial charge in [-0.1, -0.05) is 25.1 Å². The molecule has 0 radical (unpaired) electrons. The molecule has 1 aromatic rings. The van der Waals surface area contributed by atoms with E-state index in [1.807, 2.05) is 24.3 Å². The van der Waals surface area contributed by atoms with Crippen LogP contribution >= 0.6 is 0 Å². The van der Waals surface area contributed by atoms with Crippen LogP contribution in [0.25, 0.3) is 0 Å². The van der Waals surface area contributed by atoms with Crippen molar-refractivity contribution in [2.24, 2.45) is 0 Å². The van der Waals surface area contributed by atoms with E-state index >= 15 is 0 Å². The zero-order valence-electron chi connectivity index (χ0n) is 8.75. The molecule has 0 aromatic heterocycles. The van der Waals surface area contributed by atoms with Crippen LogP contribution in [0.3, 0.4) is 0 Å². The van der Waals surface area contributed by atoms with Gasteiger partial charge in [0, 0.05) is 12.2 Å². The molecule has 0 saturated heterocycles. The van der Waals surface area contributed by atoms with Gasteiger partial charge in [-0.2, -0.15) is 0 Å². The molecule has 0 aliphatic heterocycles. The number of carbonyl (C=O) groups excluding carboxylic acids is 1. The molecular weight excluding hydrogens is 176 g/mol. The summed E-state index contributed by atoms with van der Waals surface area (Å²) in [4.78, 5) is 11.1. The predicted octanol–water partition coefficient (Wildman–Crippen LogP) is 2.82. The molecule has 1 rings (SSSR count). The van der Waals surface area contributed by atoms with E-state index in [0.29, 0.717) is 6.61 Å². The van der Waals surface area contributed by atoms with Gasteiger partial charge in [-0.05, 0) is 25.0 Å². The minimum Gasteiger partial charge on any atom is -0.377 e. The Hall–Kier alpha value is -1.15. The van der Waals surface area contributed by atoms with Crippen LogP contribution in [-0.4, -0.2) is 12.4 Å². The van der Waals surface area contributed by atoms with Crippen molar-refractivity contribution in [2.45, 2.75) is 26.9 Å². The summed E-state index contributed by atoms with van der Waals surface area (Å²) < 4.78 is 5.39. The van der Waals surface area contributed by atoms with E-state index < -0.39 is 0 Å². The minimum absolute atomic E-state index is 0.0994. The average molecular weight is 192 g/mol.